The minimum atomic E-state index is -0.448. The van der Waals surface area contributed by atoms with Crippen LogP contribution in [-0.2, 0) is 0 Å². The van der Waals surface area contributed by atoms with Crippen molar-refractivity contribution >= 4 is 17.4 Å². The molecule has 1 saturated carbocycles. The minimum Gasteiger partial charge on any atom is -0.364 e. The normalized spacial score (nSPS) is 31.0. The molecule has 3 nitrogen and oxygen atoms in total. The number of allylic oxidation sites excluding steroid dienone is 1. The first-order valence-electron chi connectivity index (χ1n) is 5.35. The molecule has 1 aromatic rings. The molecule has 0 aromatic carbocycles. The van der Waals surface area contributed by atoms with Gasteiger partial charge in [0.15, 0.2) is 11.6 Å². The molecule has 0 radical (unpaired) electrons. The molecule has 2 aliphatic carbocycles. The highest BCUT2D eigenvalue weighted by atomic mass is 35.5. The summed E-state index contributed by atoms with van der Waals surface area (Å²) < 4.78 is 13.4. The van der Waals surface area contributed by atoms with Gasteiger partial charge in [-0.1, -0.05) is 12.2 Å². The molecular weight excluding hydrogens is 229 g/mol. The summed E-state index contributed by atoms with van der Waals surface area (Å²) in [4.78, 5) is 7.45. The largest absolute Gasteiger partial charge is 0.364 e. The third-order valence-electron chi connectivity index (χ3n) is 3.32. The van der Waals surface area contributed by atoms with Crippen molar-refractivity contribution in [2.45, 2.75) is 18.9 Å². The van der Waals surface area contributed by atoms with E-state index < -0.39 is 5.82 Å². The Morgan fingerprint density at radius 2 is 2.25 bits per heavy atom. The van der Waals surface area contributed by atoms with E-state index in [-0.39, 0.29) is 17.1 Å². The fourth-order valence-corrected chi connectivity index (χ4v) is 2.70. The molecule has 84 valence electrons. The summed E-state index contributed by atoms with van der Waals surface area (Å²) in [6.07, 6.45) is 7.75. The predicted molar refractivity (Wildman–Crippen MR) is 59.8 cm³/mol. The lowest BCUT2D eigenvalue weighted by atomic mass is 10.0. The van der Waals surface area contributed by atoms with Crippen LogP contribution in [0.25, 0.3) is 0 Å². The number of hydrogen-bond donors (Lipinski definition) is 1. The quantitative estimate of drug-likeness (QED) is 0.637. The van der Waals surface area contributed by atoms with Crippen LogP contribution in [0.2, 0.25) is 5.28 Å². The Bertz CT molecular complexity index is 449. The predicted octanol–water partition coefficient (Wildman–Crippen LogP) is 2.65. The Morgan fingerprint density at radius 1 is 1.38 bits per heavy atom. The standard InChI is InChI=1S/C11H11ClFN3/c12-11-14-5-8(13)10(16-11)15-9-4-6-1-2-7(9)3-6/h1-2,5-7,9H,3-4H2,(H,14,15,16). The molecule has 0 aliphatic heterocycles. The van der Waals surface area contributed by atoms with Gasteiger partial charge >= 0.3 is 0 Å². The number of anilines is 1. The van der Waals surface area contributed by atoms with E-state index in [4.69, 9.17) is 11.6 Å². The maximum atomic E-state index is 13.4. The van der Waals surface area contributed by atoms with Gasteiger partial charge < -0.3 is 5.32 Å². The van der Waals surface area contributed by atoms with E-state index in [1.54, 1.807) is 0 Å². The molecule has 0 amide bonds. The summed E-state index contributed by atoms with van der Waals surface area (Å²) in [6.45, 7) is 0. The fraction of sp³-hybridized carbons (Fsp3) is 0.455. The highest BCUT2D eigenvalue weighted by Gasteiger charge is 2.36. The smallest absolute Gasteiger partial charge is 0.224 e. The van der Waals surface area contributed by atoms with Gasteiger partial charge in [-0.2, -0.15) is 4.98 Å². The summed E-state index contributed by atoms with van der Waals surface area (Å²) in [6, 6.07) is 0.274. The van der Waals surface area contributed by atoms with Crippen LogP contribution in [0.15, 0.2) is 18.3 Å². The molecular formula is C11H11ClFN3. The Hall–Kier alpha value is -1.16. The third-order valence-corrected chi connectivity index (χ3v) is 3.50. The van der Waals surface area contributed by atoms with Crippen LogP contribution < -0.4 is 5.32 Å². The lowest BCUT2D eigenvalue weighted by molar-refractivity contribution is 0.583. The summed E-state index contributed by atoms with van der Waals surface area (Å²) in [7, 11) is 0. The molecule has 3 atom stereocenters. The number of aromatic nitrogens is 2. The number of rotatable bonds is 2. The lowest BCUT2D eigenvalue weighted by Crippen LogP contribution is -2.25. The third kappa shape index (κ3) is 1.67. The van der Waals surface area contributed by atoms with Crippen molar-refractivity contribution in [2.75, 3.05) is 5.32 Å². The summed E-state index contributed by atoms with van der Waals surface area (Å²) in [5.41, 5.74) is 0. The highest BCUT2D eigenvalue weighted by molar-refractivity contribution is 6.28. The van der Waals surface area contributed by atoms with Gasteiger partial charge in [-0.15, -0.1) is 0 Å². The molecule has 1 heterocycles. The molecule has 3 rings (SSSR count). The number of fused-ring (bicyclic) bond motifs is 2. The van der Waals surface area contributed by atoms with Gasteiger partial charge in [0, 0.05) is 6.04 Å². The van der Waals surface area contributed by atoms with Gasteiger partial charge in [-0.25, -0.2) is 9.37 Å². The molecule has 0 saturated heterocycles. The monoisotopic (exact) mass is 239 g/mol. The maximum Gasteiger partial charge on any atom is 0.224 e. The zero-order valence-electron chi connectivity index (χ0n) is 8.53. The summed E-state index contributed by atoms with van der Waals surface area (Å²) >= 11 is 5.64. The molecule has 1 fully saturated rings. The SMILES string of the molecule is Fc1cnc(Cl)nc1NC1CC2C=CC1C2. The fourth-order valence-electron chi connectivity index (χ4n) is 2.57. The van der Waals surface area contributed by atoms with E-state index in [0.717, 1.165) is 19.0 Å². The number of nitrogens with one attached hydrogen (secondary N) is 1. The van der Waals surface area contributed by atoms with Gasteiger partial charge in [0.25, 0.3) is 0 Å². The first-order valence-corrected chi connectivity index (χ1v) is 5.73. The van der Waals surface area contributed by atoms with Crippen molar-refractivity contribution < 1.29 is 4.39 Å². The van der Waals surface area contributed by atoms with Gasteiger partial charge in [-0.05, 0) is 36.3 Å². The van der Waals surface area contributed by atoms with E-state index in [9.17, 15) is 4.39 Å². The topological polar surface area (TPSA) is 37.8 Å². The van der Waals surface area contributed by atoms with Crippen LogP contribution in [0.4, 0.5) is 10.2 Å². The van der Waals surface area contributed by atoms with Crippen molar-refractivity contribution in [1.82, 2.24) is 9.97 Å². The lowest BCUT2D eigenvalue weighted by Gasteiger charge is -2.20. The number of nitrogens with zero attached hydrogens (tertiary/aromatic N) is 2. The summed E-state index contributed by atoms with van der Waals surface area (Å²) in [5.74, 6) is 0.906. The molecule has 1 aromatic heterocycles. The van der Waals surface area contributed by atoms with Crippen LogP contribution >= 0.6 is 11.6 Å². The number of hydrogen-bond acceptors (Lipinski definition) is 3. The van der Waals surface area contributed by atoms with Gasteiger partial charge in [0.2, 0.25) is 5.28 Å². The first-order chi connectivity index (χ1) is 7.72. The minimum absolute atomic E-state index is 0.0719. The van der Waals surface area contributed by atoms with Crippen molar-refractivity contribution in [2.24, 2.45) is 11.8 Å². The molecule has 2 aliphatic rings. The Labute approximate surface area is 97.7 Å². The van der Waals surface area contributed by atoms with Crippen LogP contribution in [0.3, 0.4) is 0 Å². The molecule has 16 heavy (non-hydrogen) atoms. The Kier molecular flexibility index (Phi) is 2.32. The highest BCUT2D eigenvalue weighted by Crippen LogP contribution is 2.40. The average molecular weight is 240 g/mol. The first kappa shape index (κ1) is 10.0. The molecule has 5 heteroatoms. The van der Waals surface area contributed by atoms with Crippen LogP contribution in [-0.4, -0.2) is 16.0 Å². The molecule has 0 spiro atoms. The van der Waals surface area contributed by atoms with Crippen LogP contribution in [0.1, 0.15) is 12.8 Å². The summed E-state index contributed by atoms with van der Waals surface area (Å²) in [5, 5.41) is 3.19. The van der Waals surface area contributed by atoms with Crippen molar-refractivity contribution in [3.8, 4) is 0 Å². The average Bonchev–Trinajstić information content (AvgIpc) is 2.85. The van der Waals surface area contributed by atoms with E-state index in [2.05, 4.69) is 27.4 Å². The van der Waals surface area contributed by atoms with E-state index >= 15 is 0 Å². The van der Waals surface area contributed by atoms with E-state index in [0.29, 0.717) is 11.8 Å². The van der Waals surface area contributed by atoms with Crippen molar-refractivity contribution in [3.05, 3.63) is 29.4 Å². The van der Waals surface area contributed by atoms with E-state index in [1.165, 1.54) is 0 Å². The molecule has 2 bridgehead atoms. The van der Waals surface area contributed by atoms with Crippen LogP contribution in [0.5, 0.6) is 0 Å². The second-order valence-electron chi connectivity index (χ2n) is 4.37. The van der Waals surface area contributed by atoms with Crippen LogP contribution in [0, 0.1) is 17.7 Å². The van der Waals surface area contributed by atoms with Crippen molar-refractivity contribution in [1.29, 1.82) is 0 Å². The van der Waals surface area contributed by atoms with Gasteiger partial charge in [0.05, 0.1) is 6.20 Å². The maximum absolute atomic E-state index is 13.4. The Morgan fingerprint density at radius 3 is 2.94 bits per heavy atom. The zero-order chi connectivity index (χ0) is 11.1. The van der Waals surface area contributed by atoms with Crippen molar-refractivity contribution in [3.63, 3.8) is 0 Å². The molecule has 1 N–H and O–H groups in total. The second-order valence-corrected chi connectivity index (χ2v) is 4.70. The molecule has 3 unspecified atom stereocenters. The zero-order valence-corrected chi connectivity index (χ0v) is 9.28. The van der Waals surface area contributed by atoms with Gasteiger partial charge in [-0.3, -0.25) is 0 Å². The second kappa shape index (κ2) is 3.70. The number of halogens is 2. The van der Waals surface area contributed by atoms with E-state index in [1.807, 2.05) is 0 Å². The van der Waals surface area contributed by atoms with Gasteiger partial charge in [0.1, 0.15) is 0 Å². The Balaban J connectivity index is 1.79.